The van der Waals surface area contributed by atoms with E-state index in [4.69, 9.17) is 0 Å². The van der Waals surface area contributed by atoms with Gasteiger partial charge in [-0.2, -0.15) is 0 Å². The Bertz CT molecular complexity index is 580. The third-order valence-corrected chi connectivity index (χ3v) is 2.52. The van der Waals surface area contributed by atoms with E-state index in [2.05, 4.69) is 26.3 Å². The van der Waals surface area contributed by atoms with Gasteiger partial charge in [-0.1, -0.05) is 12.1 Å². The molecule has 0 fully saturated rings. The molecule has 0 saturated carbocycles. The monoisotopic (exact) mass is 233 g/mol. The van der Waals surface area contributed by atoms with Gasteiger partial charge in [0.25, 0.3) is 0 Å². The normalized spacial score (nSPS) is 10.2. The molecule has 3 heterocycles. The molecule has 4 nitrogen and oxygen atoms in total. The third kappa shape index (κ3) is 1.96. The summed E-state index contributed by atoms with van der Waals surface area (Å²) in [6.45, 7) is 0. The molecule has 3 aromatic rings. The summed E-state index contributed by atoms with van der Waals surface area (Å²) in [7, 11) is 0. The maximum atomic E-state index is 4.31. The molecule has 0 aromatic carbocycles. The number of pyridine rings is 2. The third-order valence-electron chi connectivity index (χ3n) is 2.52. The summed E-state index contributed by atoms with van der Waals surface area (Å²) >= 11 is 0. The van der Waals surface area contributed by atoms with Crippen LogP contribution < -0.4 is 0 Å². The highest BCUT2D eigenvalue weighted by atomic mass is 14.9. The standard InChI is InChI=1S/C14H9N4/c1-3-7-16-12(5-1)11-9-15-10-18-14(11)13-6-2-4-8-17-13/h1-9H. The van der Waals surface area contributed by atoms with Gasteiger partial charge < -0.3 is 0 Å². The van der Waals surface area contributed by atoms with Crippen molar-refractivity contribution in [3.05, 3.63) is 61.3 Å². The zero-order valence-corrected chi connectivity index (χ0v) is 9.49. The highest BCUT2D eigenvalue weighted by Gasteiger charge is 2.10. The second-order valence-electron chi connectivity index (χ2n) is 3.66. The lowest BCUT2D eigenvalue weighted by Gasteiger charge is -2.05. The summed E-state index contributed by atoms with van der Waals surface area (Å²) in [5, 5.41) is 0. The van der Waals surface area contributed by atoms with Crippen LogP contribution in [0.5, 0.6) is 0 Å². The van der Waals surface area contributed by atoms with Gasteiger partial charge in [-0.05, 0) is 24.3 Å². The Kier molecular flexibility index (Phi) is 2.75. The van der Waals surface area contributed by atoms with E-state index in [1.54, 1.807) is 18.6 Å². The quantitative estimate of drug-likeness (QED) is 0.682. The van der Waals surface area contributed by atoms with Crippen LogP contribution in [0, 0.1) is 6.33 Å². The van der Waals surface area contributed by atoms with Crippen molar-refractivity contribution < 1.29 is 0 Å². The van der Waals surface area contributed by atoms with Crippen LogP contribution in [-0.4, -0.2) is 19.9 Å². The zero-order chi connectivity index (χ0) is 12.2. The summed E-state index contributed by atoms with van der Waals surface area (Å²) in [6.07, 6.45) is 7.79. The van der Waals surface area contributed by atoms with Crippen LogP contribution in [0.2, 0.25) is 0 Å². The van der Waals surface area contributed by atoms with E-state index in [1.165, 1.54) is 0 Å². The minimum Gasteiger partial charge on any atom is -0.256 e. The van der Waals surface area contributed by atoms with Gasteiger partial charge in [0.2, 0.25) is 0 Å². The van der Waals surface area contributed by atoms with Crippen molar-refractivity contribution in [2.75, 3.05) is 0 Å². The molecule has 85 valence electrons. The van der Waals surface area contributed by atoms with E-state index in [9.17, 15) is 0 Å². The topological polar surface area (TPSA) is 51.6 Å². The smallest absolute Gasteiger partial charge is 0.198 e. The summed E-state index contributed by atoms with van der Waals surface area (Å²) < 4.78 is 0. The molecule has 0 aliphatic heterocycles. The maximum Gasteiger partial charge on any atom is 0.198 e. The number of rotatable bonds is 2. The lowest BCUT2D eigenvalue weighted by atomic mass is 10.1. The van der Waals surface area contributed by atoms with Crippen LogP contribution in [0.1, 0.15) is 0 Å². The molecule has 0 amide bonds. The molecular weight excluding hydrogens is 224 g/mol. The highest BCUT2D eigenvalue weighted by molar-refractivity contribution is 5.75. The minimum absolute atomic E-state index is 0.740. The lowest BCUT2D eigenvalue weighted by Crippen LogP contribution is -1.94. The van der Waals surface area contributed by atoms with Crippen LogP contribution in [0.25, 0.3) is 22.6 Å². The van der Waals surface area contributed by atoms with Crippen LogP contribution in [-0.2, 0) is 0 Å². The summed E-state index contributed by atoms with van der Waals surface area (Å²) in [5.41, 5.74) is 3.21. The Balaban J connectivity index is 2.18. The van der Waals surface area contributed by atoms with Gasteiger partial charge in [0.15, 0.2) is 6.33 Å². The van der Waals surface area contributed by atoms with Crippen molar-refractivity contribution in [3.63, 3.8) is 0 Å². The molecule has 1 radical (unpaired) electrons. The molecule has 0 N–H and O–H groups in total. The number of hydrogen-bond donors (Lipinski definition) is 0. The average Bonchev–Trinajstić information content (AvgIpc) is 2.49. The first kappa shape index (κ1) is 10.5. The highest BCUT2D eigenvalue weighted by Crippen LogP contribution is 2.25. The zero-order valence-electron chi connectivity index (χ0n) is 9.49. The lowest BCUT2D eigenvalue weighted by molar-refractivity contribution is 1.13. The second-order valence-corrected chi connectivity index (χ2v) is 3.66. The van der Waals surface area contributed by atoms with E-state index in [0.29, 0.717) is 0 Å². The Morgan fingerprint density at radius 1 is 0.833 bits per heavy atom. The van der Waals surface area contributed by atoms with Crippen molar-refractivity contribution >= 4 is 0 Å². The molecule has 0 spiro atoms. The first-order chi connectivity index (χ1) is 8.95. The Morgan fingerprint density at radius 2 is 1.56 bits per heavy atom. The molecule has 0 aliphatic carbocycles. The SMILES string of the molecule is [c]1ncc(-c2ccccn2)c(-c2ccccn2)n1. The van der Waals surface area contributed by atoms with E-state index in [0.717, 1.165) is 22.6 Å². The number of nitrogens with zero attached hydrogens (tertiary/aromatic N) is 4. The van der Waals surface area contributed by atoms with Gasteiger partial charge in [-0.15, -0.1) is 0 Å². The van der Waals surface area contributed by atoms with Crippen molar-refractivity contribution in [3.8, 4) is 22.6 Å². The van der Waals surface area contributed by atoms with Gasteiger partial charge in [-0.3, -0.25) is 9.97 Å². The van der Waals surface area contributed by atoms with E-state index >= 15 is 0 Å². The molecule has 3 rings (SSSR count). The van der Waals surface area contributed by atoms with Crippen molar-refractivity contribution in [2.24, 2.45) is 0 Å². The van der Waals surface area contributed by atoms with Crippen molar-refractivity contribution in [1.29, 1.82) is 0 Å². The van der Waals surface area contributed by atoms with Crippen molar-refractivity contribution in [2.45, 2.75) is 0 Å². The average molecular weight is 233 g/mol. The van der Waals surface area contributed by atoms with Crippen LogP contribution in [0.4, 0.5) is 0 Å². The fourth-order valence-corrected chi connectivity index (χ4v) is 1.70. The Morgan fingerprint density at radius 3 is 2.22 bits per heavy atom. The fourth-order valence-electron chi connectivity index (χ4n) is 1.70. The molecule has 0 unspecified atom stereocenters. The predicted molar refractivity (Wildman–Crippen MR) is 67.3 cm³/mol. The van der Waals surface area contributed by atoms with E-state index in [-0.39, 0.29) is 0 Å². The Hall–Kier alpha value is -2.62. The molecule has 0 aliphatic rings. The first-order valence-electron chi connectivity index (χ1n) is 5.51. The van der Waals surface area contributed by atoms with Gasteiger partial charge in [0, 0.05) is 24.2 Å². The molecule has 4 heteroatoms. The first-order valence-corrected chi connectivity index (χ1v) is 5.51. The summed E-state index contributed by atoms with van der Waals surface area (Å²) in [4.78, 5) is 16.7. The van der Waals surface area contributed by atoms with Crippen LogP contribution >= 0.6 is 0 Å². The summed E-state index contributed by atoms with van der Waals surface area (Å²) in [5.74, 6) is 0. The van der Waals surface area contributed by atoms with Crippen LogP contribution in [0.15, 0.2) is 55.0 Å². The molecule has 0 atom stereocenters. The number of hydrogen-bond acceptors (Lipinski definition) is 4. The number of aromatic nitrogens is 4. The minimum atomic E-state index is 0.740. The molecule has 3 aromatic heterocycles. The maximum absolute atomic E-state index is 4.31. The van der Waals surface area contributed by atoms with Gasteiger partial charge in [-0.25, -0.2) is 9.97 Å². The van der Waals surface area contributed by atoms with Crippen molar-refractivity contribution in [1.82, 2.24) is 19.9 Å². The van der Waals surface area contributed by atoms with Gasteiger partial charge in [0.1, 0.15) is 5.69 Å². The fraction of sp³-hybridized carbons (Fsp3) is 0. The van der Waals surface area contributed by atoms with Crippen LogP contribution in [0.3, 0.4) is 0 Å². The largest absolute Gasteiger partial charge is 0.256 e. The van der Waals surface area contributed by atoms with Gasteiger partial charge >= 0.3 is 0 Å². The molecule has 18 heavy (non-hydrogen) atoms. The second kappa shape index (κ2) is 4.71. The molecular formula is C14H9N4. The summed E-state index contributed by atoms with van der Waals surface area (Å²) in [6, 6.07) is 11.4. The Labute approximate surface area is 104 Å². The molecule has 0 bridgehead atoms. The van der Waals surface area contributed by atoms with E-state index < -0.39 is 0 Å². The predicted octanol–water partition coefficient (Wildman–Crippen LogP) is 2.40. The van der Waals surface area contributed by atoms with E-state index in [1.807, 2.05) is 36.4 Å². The molecule has 0 saturated heterocycles. The van der Waals surface area contributed by atoms with Gasteiger partial charge in [0.05, 0.1) is 11.4 Å².